The van der Waals surface area contributed by atoms with Crippen LogP contribution >= 0.6 is 0 Å². The zero-order chi connectivity index (χ0) is 18.6. The largest absolute Gasteiger partial charge is 0.342 e. The number of anilines is 1. The molecule has 0 spiro atoms. The molecule has 1 aliphatic rings. The molecule has 8 nitrogen and oxygen atoms in total. The minimum atomic E-state index is -3.67. The van der Waals surface area contributed by atoms with Crippen LogP contribution < -0.4 is 4.31 Å². The zero-order valence-electron chi connectivity index (χ0n) is 14.2. The second-order valence-corrected chi connectivity index (χ2v) is 7.80. The lowest BCUT2D eigenvalue weighted by atomic mass is 10.1. The lowest BCUT2D eigenvalue weighted by Gasteiger charge is -2.34. The Morgan fingerprint density at radius 1 is 1.12 bits per heavy atom. The summed E-state index contributed by atoms with van der Waals surface area (Å²) in [6.45, 7) is 2.71. The van der Waals surface area contributed by atoms with Gasteiger partial charge in [0.25, 0.3) is 0 Å². The smallest absolute Gasteiger partial charge is 0.243 e. The average Bonchev–Trinajstić information content (AvgIpc) is 2.58. The molecular formula is C16H21N3O5S. The third-order valence-electron chi connectivity index (χ3n) is 4.06. The van der Waals surface area contributed by atoms with Gasteiger partial charge in [0, 0.05) is 31.7 Å². The molecular weight excluding hydrogens is 346 g/mol. The third-order valence-corrected chi connectivity index (χ3v) is 5.20. The Morgan fingerprint density at radius 3 is 2.12 bits per heavy atom. The summed E-state index contributed by atoms with van der Waals surface area (Å²) in [7, 11) is -3.67. The molecule has 0 bridgehead atoms. The summed E-state index contributed by atoms with van der Waals surface area (Å²) in [6, 6.07) is 6.08. The van der Waals surface area contributed by atoms with Gasteiger partial charge in [-0.05, 0) is 31.2 Å². The number of carbonyl (C=O) groups is 3. The molecule has 2 amide bonds. The maximum absolute atomic E-state index is 12.5. The van der Waals surface area contributed by atoms with E-state index in [-0.39, 0.29) is 18.2 Å². The van der Waals surface area contributed by atoms with E-state index in [1.165, 1.54) is 31.2 Å². The lowest BCUT2D eigenvalue weighted by Crippen LogP contribution is -2.51. The van der Waals surface area contributed by atoms with Gasteiger partial charge in [0.15, 0.2) is 5.78 Å². The van der Waals surface area contributed by atoms with Crippen LogP contribution in [0.3, 0.4) is 0 Å². The number of amides is 2. The van der Waals surface area contributed by atoms with Crippen LogP contribution in [-0.2, 0) is 19.6 Å². The normalized spacial score (nSPS) is 15.0. The molecule has 0 radical (unpaired) electrons. The number of benzene rings is 1. The predicted molar refractivity (Wildman–Crippen MR) is 92.9 cm³/mol. The lowest BCUT2D eigenvalue weighted by molar-refractivity contribution is -0.133. The predicted octanol–water partition coefficient (Wildman–Crippen LogP) is -0.0442. The first kappa shape index (κ1) is 18.9. The van der Waals surface area contributed by atoms with Crippen molar-refractivity contribution in [1.82, 2.24) is 9.80 Å². The van der Waals surface area contributed by atoms with Gasteiger partial charge in [0.2, 0.25) is 22.3 Å². The van der Waals surface area contributed by atoms with Crippen LogP contribution in [0, 0.1) is 0 Å². The molecule has 0 aliphatic carbocycles. The molecule has 9 heteroatoms. The van der Waals surface area contributed by atoms with Gasteiger partial charge in [-0.15, -0.1) is 0 Å². The van der Waals surface area contributed by atoms with Crippen LogP contribution in [0.15, 0.2) is 24.3 Å². The number of piperazine rings is 1. The van der Waals surface area contributed by atoms with Crippen molar-refractivity contribution >= 4 is 33.8 Å². The first-order valence-corrected chi connectivity index (χ1v) is 9.63. The number of Topliss-reactive ketones (excluding diaryl/α,β-unsaturated/α-hetero) is 1. The molecule has 0 saturated carbocycles. The van der Waals surface area contributed by atoms with E-state index in [1.807, 2.05) is 0 Å². The third kappa shape index (κ3) is 4.79. The first-order valence-electron chi connectivity index (χ1n) is 7.78. The first-order chi connectivity index (χ1) is 11.7. The molecule has 2 rings (SSSR count). The fourth-order valence-electron chi connectivity index (χ4n) is 2.56. The maximum Gasteiger partial charge on any atom is 0.243 e. The number of hydrogen-bond acceptors (Lipinski definition) is 5. The number of ketones is 1. The fourth-order valence-corrected chi connectivity index (χ4v) is 3.41. The van der Waals surface area contributed by atoms with Crippen molar-refractivity contribution in [2.75, 3.05) is 43.3 Å². The molecule has 1 fully saturated rings. The van der Waals surface area contributed by atoms with Crippen molar-refractivity contribution in [3.63, 3.8) is 0 Å². The van der Waals surface area contributed by atoms with Gasteiger partial charge < -0.3 is 9.80 Å². The zero-order valence-corrected chi connectivity index (χ0v) is 15.0. The molecule has 0 N–H and O–H groups in total. The SMILES string of the molecule is CC(=O)c1ccc(N(CC(=O)N2CCN(C=O)CC2)S(C)(=O)=O)cc1. The Balaban J connectivity index is 2.14. The van der Waals surface area contributed by atoms with Crippen molar-refractivity contribution in [1.29, 1.82) is 0 Å². The van der Waals surface area contributed by atoms with Crippen LogP contribution in [0.2, 0.25) is 0 Å². The molecule has 0 atom stereocenters. The molecule has 25 heavy (non-hydrogen) atoms. The number of hydrogen-bond donors (Lipinski definition) is 0. The highest BCUT2D eigenvalue weighted by Crippen LogP contribution is 2.19. The Kier molecular flexibility index (Phi) is 5.78. The topological polar surface area (TPSA) is 95.1 Å². The van der Waals surface area contributed by atoms with E-state index < -0.39 is 10.0 Å². The highest BCUT2D eigenvalue weighted by atomic mass is 32.2. The number of sulfonamides is 1. The molecule has 1 heterocycles. The second kappa shape index (κ2) is 7.64. The number of carbonyl (C=O) groups excluding carboxylic acids is 3. The minimum absolute atomic E-state index is 0.124. The maximum atomic E-state index is 12.5. The van der Waals surface area contributed by atoms with Crippen LogP contribution in [0.1, 0.15) is 17.3 Å². The van der Waals surface area contributed by atoms with Crippen molar-refractivity contribution in [3.8, 4) is 0 Å². The van der Waals surface area contributed by atoms with E-state index in [1.54, 1.807) is 9.80 Å². The minimum Gasteiger partial charge on any atom is -0.342 e. The van der Waals surface area contributed by atoms with Gasteiger partial charge in [-0.25, -0.2) is 8.42 Å². The van der Waals surface area contributed by atoms with E-state index >= 15 is 0 Å². The molecule has 0 unspecified atom stereocenters. The Labute approximate surface area is 147 Å². The van der Waals surface area contributed by atoms with Gasteiger partial charge in [-0.3, -0.25) is 18.7 Å². The average molecular weight is 367 g/mol. The van der Waals surface area contributed by atoms with Crippen LogP contribution in [0.5, 0.6) is 0 Å². The van der Waals surface area contributed by atoms with Crippen LogP contribution in [0.4, 0.5) is 5.69 Å². The van der Waals surface area contributed by atoms with Crippen LogP contribution in [0.25, 0.3) is 0 Å². The molecule has 1 aromatic carbocycles. The van der Waals surface area contributed by atoms with E-state index in [4.69, 9.17) is 0 Å². The highest BCUT2D eigenvalue weighted by molar-refractivity contribution is 7.92. The summed E-state index contributed by atoms with van der Waals surface area (Å²) in [5, 5.41) is 0. The van der Waals surface area contributed by atoms with Crippen molar-refractivity contribution in [3.05, 3.63) is 29.8 Å². The van der Waals surface area contributed by atoms with Gasteiger partial charge in [0.05, 0.1) is 11.9 Å². The number of rotatable bonds is 6. The van der Waals surface area contributed by atoms with E-state index in [0.29, 0.717) is 37.4 Å². The standard InChI is InChI=1S/C16H21N3O5S/c1-13(21)14-3-5-15(6-4-14)19(25(2,23)24)11-16(22)18-9-7-17(12-20)8-10-18/h3-6,12H,7-11H2,1-2H3. The molecule has 1 saturated heterocycles. The van der Waals surface area contributed by atoms with Crippen molar-refractivity contribution in [2.45, 2.75) is 6.92 Å². The molecule has 0 aromatic heterocycles. The summed E-state index contributed by atoms with van der Waals surface area (Å²) >= 11 is 0. The summed E-state index contributed by atoms with van der Waals surface area (Å²) in [4.78, 5) is 37.6. The number of nitrogens with zero attached hydrogens (tertiary/aromatic N) is 3. The van der Waals surface area contributed by atoms with Gasteiger partial charge in [-0.2, -0.15) is 0 Å². The second-order valence-electron chi connectivity index (χ2n) is 5.89. The monoisotopic (exact) mass is 367 g/mol. The summed E-state index contributed by atoms with van der Waals surface area (Å²) in [5.74, 6) is -0.451. The van der Waals surface area contributed by atoms with E-state index in [9.17, 15) is 22.8 Å². The Morgan fingerprint density at radius 2 is 1.68 bits per heavy atom. The van der Waals surface area contributed by atoms with Gasteiger partial charge in [0.1, 0.15) is 6.54 Å². The van der Waals surface area contributed by atoms with Gasteiger partial charge in [-0.1, -0.05) is 0 Å². The molecule has 136 valence electrons. The van der Waals surface area contributed by atoms with Gasteiger partial charge >= 0.3 is 0 Å². The Hall–Kier alpha value is -2.42. The summed E-state index contributed by atoms with van der Waals surface area (Å²) < 4.78 is 25.2. The Bertz CT molecular complexity index is 752. The summed E-state index contributed by atoms with van der Waals surface area (Å²) in [6.07, 6.45) is 1.77. The quantitative estimate of drug-likeness (QED) is 0.519. The molecule has 1 aromatic rings. The molecule has 1 aliphatic heterocycles. The van der Waals surface area contributed by atoms with Crippen LogP contribution in [-0.4, -0.2) is 75.3 Å². The summed E-state index contributed by atoms with van der Waals surface area (Å²) in [5.41, 5.74) is 0.792. The van der Waals surface area contributed by atoms with Crippen molar-refractivity contribution < 1.29 is 22.8 Å². The van der Waals surface area contributed by atoms with E-state index in [2.05, 4.69) is 0 Å². The highest BCUT2D eigenvalue weighted by Gasteiger charge is 2.26. The van der Waals surface area contributed by atoms with Crippen molar-refractivity contribution in [2.24, 2.45) is 0 Å². The van der Waals surface area contributed by atoms with E-state index in [0.717, 1.165) is 17.0 Å². The fraction of sp³-hybridized carbons (Fsp3) is 0.438.